The van der Waals surface area contributed by atoms with Gasteiger partial charge in [-0.1, -0.05) is 0 Å². The van der Waals surface area contributed by atoms with Crippen molar-refractivity contribution in [2.45, 2.75) is 38.0 Å². The molecular formula is C13H20N2O4. The molecule has 1 aromatic rings. The topological polar surface area (TPSA) is 83.7 Å². The predicted molar refractivity (Wildman–Crippen MR) is 68.6 cm³/mol. The van der Waals surface area contributed by atoms with Crippen molar-refractivity contribution >= 4 is 6.03 Å². The van der Waals surface area contributed by atoms with Crippen LogP contribution >= 0.6 is 0 Å². The zero-order chi connectivity index (χ0) is 13.7. The van der Waals surface area contributed by atoms with E-state index >= 15 is 0 Å². The maximum atomic E-state index is 11.7. The summed E-state index contributed by atoms with van der Waals surface area (Å²) in [5.74, 6) is 0.512. The Bertz CT molecular complexity index is 387. The summed E-state index contributed by atoms with van der Waals surface area (Å²) in [6.45, 7) is 3.10. The Kier molecular flexibility index (Phi) is 4.81. The van der Waals surface area contributed by atoms with Crippen molar-refractivity contribution in [3.63, 3.8) is 0 Å². The average Bonchev–Trinajstić information content (AvgIpc) is 3.00. The third-order valence-electron chi connectivity index (χ3n) is 3.09. The van der Waals surface area contributed by atoms with Crippen LogP contribution in [0.2, 0.25) is 0 Å². The molecule has 0 spiro atoms. The molecule has 6 nitrogen and oxygen atoms in total. The van der Waals surface area contributed by atoms with Gasteiger partial charge in [0.05, 0.1) is 18.9 Å². The minimum Gasteiger partial charge on any atom is -0.467 e. The van der Waals surface area contributed by atoms with E-state index in [1.54, 1.807) is 12.1 Å². The molecule has 106 valence electrons. The third-order valence-corrected chi connectivity index (χ3v) is 3.09. The molecule has 2 amide bonds. The number of ether oxygens (including phenoxy) is 1. The van der Waals surface area contributed by atoms with Gasteiger partial charge in [-0.3, -0.25) is 0 Å². The molecule has 3 atom stereocenters. The van der Waals surface area contributed by atoms with E-state index in [4.69, 9.17) is 9.15 Å². The van der Waals surface area contributed by atoms with Crippen molar-refractivity contribution in [3.8, 4) is 0 Å². The molecular weight excluding hydrogens is 248 g/mol. The Morgan fingerprint density at radius 2 is 2.47 bits per heavy atom. The Hall–Kier alpha value is -1.53. The van der Waals surface area contributed by atoms with Gasteiger partial charge in [-0.05, 0) is 25.5 Å². The molecule has 19 heavy (non-hydrogen) atoms. The summed E-state index contributed by atoms with van der Waals surface area (Å²) in [6, 6.07) is 3.15. The van der Waals surface area contributed by atoms with Crippen LogP contribution in [0.25, 0.3) is 0 Å². The van der Waals surface area contributed by atoms with Crippen molar-refractivity contribution in [2.24, 2.45) is 0 Å². The molecule has 2 heterocycles. The molecule has 6 heteroatoms. The fourth-order valence-electron chi connectivity index (χ4n) is 2.09. The molecule has 1 aliphatic rings. The number of aliphatic hydroxyl groups is 1. The quantitative estimate of drug-likeness (QED) is 0.748. The molecule has 3 unspecified atom stereocenters. The lowest BCUT2D eigenvalue weighted by Crippen LogP contribution is -2.46. The van der Waals surface area contributed by atoms with Crippen LogP contribution in [-0.4, -0.2) is 36.4 Å². The van der Waals surface area contributed by atoms with Gasteiger partial charge in [-0.25, -0.2) is 4.79 Å². The molecule has 0 saturated carbocycles. The SMILES string of the molecule is CC(CC(O)c1ccco1)NC(=O)NC1CCOC1. The van der Waals surface area contributed by atoms with Crippen molar-refractivity contribution in [1.29, 1.82) is 0 Å². The number of nitrogens with one attached hydrogen (secondary N) is 2. The lowest BCUT2D eigenvalue weighted by Gasteiger charge is -2.18. The van der Waals surface area contributed by atoms with Crippen LogP contribution in [0.4, 0.5) is 4.79 Å². The van der Waals surface area contributed by atoms with Gasteiger partial charge in [0.25, 0.3) is 0 Å². The van der Waals surface area contributed by atoms with Crippen molar-refractivity contribution < 1.29 is 19.1 Å². The first kappa shape index (κ1) is 13.9. The van der Waals surface area contributed by atoms with Gasteiger partial charge in [-0.15, -0.1) is 0 Å². The highest BCUT2D eigenvalue weighted by Crippen LogP contribution is 2.18. The summed E-state index contributed by atoms with van der Waals surface area (Å²) in [5, 5.41) is 15.5. The number of hydrogen-bond acceptors (Lipinski definition) is 4. The number of carbonyl (C=O) groups is 1. The Morgan fingerprint density at radius 1 is 1.63 bits per heavy atom. The molecule has 2 rings (SSSR count). The van der Waals surface area contributed by atoms with Crippen molar-refractivity contribution in [2.75, 3.05) is 13.2 Å². The van der Waals surface area contributed by atoms with Crippen LogP contribution in [-0.2, 0) is 4.74 Å². The van der Waals surface area contributed by atoms with Crippen LogP contribution in [0.5, 0.6) is 0 Å². The number of carbonyl (C=O) groups excluding carboxylic acids is 1. The lowest BCUT2D eigenvalue weighted by atomic mass is 10.1. The lowest BCUT2D eigenvalue weighted by molar-refractivity contribution is 0.129. The Labute approximate surface area is 112 Å². The standard InChI is InChI=1S/C13H20N2O4/c1-9(7-11(16)12-3-2-5-19-12)14-13(17)15-10-4-6-18-8-10/h2-3,5,9-11,16H,4,6-8H2,1H3,(H2,14,15,17). The second kappa shape index (κ2) is 6.58. The van der Waals surface area contributed by atoms with Gasteiger partial charge in [0.2, 0.25) is 0 Å². The van der Waals surface area contributed by atoms with E-state index in [0.717, 1.165) is 6.42 Å². The first-order valence-corrected chi connectivity index (χ1v) is 6.51. The molecule has 0 aromatic carbocycles. The highest BCUT2D eigenvalue weighted by atomic mass is 16.5. The molecule has 1 aromatic heterocycles. The zero-order valence-corrected chi connectivity index (χ0v) is 11.0. The van der Waals surface area contributed by atoms with Crippen LogP contribution < -0.4 is 10.6 Å². The van der Waals surface area contributed by atoms with Gasteiger partial charge < -0.3 is 24.9 Å². The number of amides is 2. The minimum atomic E-state index is -0.708. The molecule has 0 radical (unpaired) electrons. The second-order valence-corrected chi connectivity index (χ2v) is 4.85. The van der Waals surface area contributed by atoms with Gasteiger partial charge in [0, 0.05) is 19.1 Å². The molecule has 0 bridgehead atoms. The maximum Gasteiger partial charge on any atom is 0.315 e. The zero-order valence-electron chi connectivity index (χ0n) is 11.0. The van der Waals surface area contributed by atoms with Crippen LogP contribution in [0, 0.1) is 0 Å². The van der Waals surface area contributed by atoms with E-state index in [0.29, 0.717) is 25.4 Å². The summed E-state index contributed by atoms with van der Waals surface area (Å²) in [4.78, 5) is 11.7. The highest BCUT2D eigenvalue weighted by molar-refractivity contribution is 5.74. The number of furan rings is 1. The van der Waals surface area contributed by atoms with Crippen molar-refractivity contribution in [1.82, 2.24) is 10.6 Å². The fourth-order valence-corrected chi connectivity index (χ4v) is 2.09. The van der Waals surface area contributed by atoms with E-state index in [1.165, 1.54) is 6.26 Å². The fraction of sp³-hybridized carbons (Fsp3) is 0.615. The third kappa shape index (κ3) is 4.25. The van der Waals surface area contributed by atoms with Crippen LogP contribution in [0.1, 0.15) is 31.6 Å². The monoisotopic (exact) mass is 268 g/mol. The molecule has 3 N–H and O–H groups in total. The molecule has 1 aliphatic heterocycles. The summed E-state index contributed by atoms with van der Waals surface area (Å²) in [6.07, 6.45) is 2.06. The second-order valence-electron chi connectivity index (χ2n) is 4.85. The van der Waals surface area contributed by atoms with E-state index in [-0.39, 0.29) is 18.1 Å². The normalized spacial score (nSPS) is 21.9. The minimum absolute atomic E-state index is 0.0854. The van der Waals surface area contributed by atoms with Crippen LogP contribution in [0.15, 0.2) is 22.8 Å². The Balaban J connectivity index is 1.71. The number of rotatable bonds is 5. The molecule has 0 aliphatic carbocycles. The summed E-state index contributed by atoms with van der Waals surface area (Å²) in [5.41, 5.74) is 0. The highest BCUT2D eigenvalue weighted by Gasteiger charge is 2.20. The van der Waals surface area contributed by atoms with Gasteiger partial charge in [-0.2, -0.15) is 0 Å². The van der Waals surface area contributed by atoms with E-state index in [9.17, 15) is 9.90 Å². The summed E-state index contributed by atoms with van der Waals surface area (Å²) >= 11 is 0. The smallest absolute Gasteiger partial charge is 0.315 e. The van der Waals surface area contributed by atoms with Gasteiger partial charge in [0.15, 0.2) is 0 Å². The average molecular weight is 268 g/mol. The molecule has 1 fully saturated rings. The summed E-state index contributed by atoms with van der Waals surface area (Å²) < 4.78 is 10.3. The van der Waals surface area contributed by atoms with Crippen molar-refractivity contribution in [3.05, 3.63) is 24.2 Å². The Morgan fingerprint density at radius 3 is 3.11 bits per heavy atom. The molecule has 1 saturated heterocycles. The number of aliphatic hydroxyl groups excluding tert-OH is 1. The first-order valence-electron chi connectivity index (χ1n) is 6.51. The van der Waals surface area contributed by atoms with Gasteiger partial charge >= 0.3 is 6.03 Å². The number of hydrogen-bond donors (Lipinski definition) is 3. The summed E-state index contributed by atoms with van der Waals surface area (Å²) in [7, 11) is 0. The first-order chi connectivity index (χ1) is 9.15. The van der Waals surface area contributed by atoms with E-state index in [1.807, 2.05) is 6.92 Å². The predicted octanol–water partition coefficient (Wildman–Crippen LogP) is 1.18. The largest absolute Gasteiger partial charge is 0.467 e. The van der Waals surface area contributed by atoms with Crippen LogP contribution in [0.3, 0.4) is 0 Å². The van der Waals surface area contributed by atoms with E-state index < -0.39 is 6.10 Å². The van der Waals surface area contributed by atoms with Gasteiger partial charge in [0.1, 0.15) is 11.9 Å². The maximum absolute atomic E-state index is 11.7. The van der Waals surface area contributed by atoms with E-state index in [2.05, 4.69) is 10.6 Å². The number of urea groups is 1.